The lowest BCUT2D eigenvalue weighted by Crippen LogP contribution is -2.05. The molecule has 0 radical (unpaired) electrons. The molecule has 1 aromatic carbocycles. The zero-order valence-corrected chi connectivity index (χ0v) is 12.9. The van der Waals surface area contributed by atoms with Crippen LogP contribution in [0, 0.1) is 5.92 Å². The maximum Gasteiger partial charge on any atom is 0.119 e. The van der Waals surface area contributed by atoms with Crippen LogP contribution in [0.4, 0.5) is 0 Å². The van der Waals surface area contributed by atoms with Gasteiger partial charge in [0.05, 0.1) is 6.10 Å². The fraction of sp³-hybridized carbons (Fsp3) is 0.625. The highest BCUT2D eigenvalue weighted by Gasteiger charge is 2.19. The van der Waals surface area contributed by atoms with Gasteiger partial charge in [-0.3, -0.25) is 0 Å². The average molecular weight is 311 g/mol. The van der Waals surface area contributed by atoms with E-state index in [-0.39, 0.29) is 6.10 Å². The fourth-order valence-electron chi connectivity index (χ4n) is 2.70. The highest BCUT2D eigenvalue weighted by atomic mass is 79.9. The Bertz CT molecular complexity index is 352. The first-order chi connectivity index (χ1) is 8.65. The standard InChI is InChI=1S/C16H23BrO/c1-12(2)18-15-9-7-14(8-10-15)16(17)11-13-5-3-4-6-13/h7-10,12-13,16H,3-6,11H2,1-2H3. The second-order valence-corrected chi connectivity index (χ2v) is 6.69. The highest BCUT2D eigenvalue weighted by Crippen LogP contribution is 2.37. The van der Waals surface area contributed by atoms with Gasteiger partial charge in [-0.25, -0.2) is 0 Å². The van der Waals surface area contributed by atoms with Crippen LogP contribution in [0.5, 0.6) is 5.75 Å². The van der Waals surface area contributed by atoms with Gasteiger partial charge in [-0.15, -0.1) is 0 Å². The van der Waals surface area contributed by atoms with E-state index in [1.165, 1.54) is 37.7 Å². The van der Waals surface area contributed by atoms with Crippen molar-refractivity contribution in [2.24, 2.45) is 5.92 Å². The maximum atomic E-state index is 5.67. The van der Waals surface area contributed by atoms with Crippen LogP contribution < -0.4 is 4.74 Å². The number of ether oxygens (including phenoxy) is 1. The molecule has 18 heavy (non-hydrogen) atoms. The molecule has 2 rings (SSSR count). The third kappa shape index (κ3) is 4.01. The van der Waals surface area contributed by atoms with Gasteiger partial charge in [0.25, 0.3) is 0 Å². The summed E-state index contributed by atoms with van der Waals surface area (Å²) in [5.74, 6) is 1.88. The lowest BCUT2D eigenvalue weighted by molar-refractivity contribution is 0.242. The van der Waals surface area contributed by atoms with E-state index >= 15 is 0 Å². The SMILES string of the molecule is CC(C)Oc1ccc(C(Br)CC2CCCC2)cc1. The van der Waals surface area contributed by atoms with Gasteiger partial charge in [0.15, 0.2) is 0 Å². The van der Waals surface area contributed by atoms with Gasteiger partial charge in [-0.1, -0.05) is 53.7 Å². The number of alkyl halides is 1. The molecule has 0 heterocycles. The second kappa shape index (κ2) is 6.60. The minimum Gasteiger partial charge on any atom is -0.491 e. The van der Waals surface area contributed by atoms with Crippen molar-refractivity contribution in [1.82, 2.24) is 0 Å². The molecule has 1 fully saturated rings. The highest BCUT2D eigenvalue weighted by molar-refractivity contribution is 9.09. The van der Waals surface area contributed by atoms with Crippen molar-refractivity contribution in [1.29, 1.82) is 0 Å². The fourth-order valence-corrected chi connectivity index (χ4v) is 3.54. The molecule has 1 unspecified atom stereocenters. The quantitative estimate of drug-likeness (QED) is 0.653. The van der Waals surface area contributed by atoms with Gasteiger partial charge in [0.1, 0.15) is 5.75 Å². The van der Waals surface area contributed by atoms with E-state index in [2.05, 4.69) is 54.0 Å². The molecule has 0 spiro atoms. The largest absolute Gasteiger partial charge is 0.491 e. The van der Waals surface area contributed by atoms with Crippen molar-refractivity contribution in [3.05, 3.63) is 29.8 Å². The van der Waals surface area contributed by atoms with Gasteiger partial charge in [0.2, 0.25) is 0 Å². The molecule has 1 atom stereocenters. The third-order valence-corrected chi connectivity index (χ3v) is 4.53. The van der Waals surface area contributed by atoms with Crippen molar-refractivity contribution in [3.8, 4) is 5.75 Å². The maximum absolute atomic E-state index is 5.67. The molecule has 1 aliphatic rings. The van der Waals surface area contributed by atoms with E-state index in [1.54, 1.807) is 0 Å². The normalized spacial score (nSPS) is 18.2. The molecule has 0 saturated heterocycles. The summed E-state index contributed by atoms with van der Waals surface area (Å²) in [4.78, 5) is 0.494. The van der Waals surface area contributed by atoms with Gasteiger partial charge >= 0.3 is 0 Å². The summed E-state index contributed by atoms with van der Waals surface area (Å²) in [5.41, 5.74) is 1.37. The molecule has 0 aromatic heterocycles. The smallest absolute Gasteiger partial charge is 0.119 e. The molecule has 0 aliphatic heterocycles. The van der Waals surface area contributed by atoms with Crippen molar-refractivity contribution >= 4 is 15.9 Å². The minimum absolute atomic E-state index is 0.245. The molecule has 1 aliphatic carbocycles. The number of benzene rings is 1. The van der Waals surface area contributed by atoms with Crippen LogP contribution >= 0.6 is 15.9 Å². The lowest BCUT2D eigenvalue weighted by Gasteiger charge is -2.16. The van der Waals surface area contributed by atoms with Crippen LogP contribution in [-0.4, -0.2) is 6.10 Å². The predicted molar refractivity (Wildman–Crippen MR) is 80.4 cm³/mol. The Kier molecular flexibility index (Phi) is 5.11. The molecular formula is C16H23BrO. The Morgan fingerprint density at radius 3 is 2.33 bits per heavy atom. The zero-order valence-electron chi connectivity index (χ0n) is 11.4. The van der Waals surface area contributed by atoms with E-state index in [1.807, 2.05) is 0 Å². The van der Waals surface area contributed by atoms with Gasteiger partial charge < -0.3 is 4.74 Å². The van der Waals surface area contributed by atoms with Gasteiger partial charge in [0, 0.05) is 4.83 Å². The summed E-state index contributed by atoms with van der Waals surface area (Å²) in [6.45, 7) is 4.11. The Hall–Kier alpha value is -0.500. The monoisotopic (exact) mass is 310 g/mol. The summed E-state index contributed by atoms with van der Waals surface area (Å²) < 4.78 is 5.67. The van der Waals surface area contributed by atoms with E-state index in [4.69, 9.17) is 4.74 Å². The van der Waals surface area contributed by atoms with Gasteiger partial charge in [-0.05, 0) is 43.9 Å². The number of hydrogen-bond acceptors (Lipinski definition) is 1. The molecular weight excluding hydrogens is 288 g/mol. The summed E-state index contributed by atoms with van der Waals surface area (Å²) in [7, 11) is 0. The Labute approximate surface area is 119 Å². The van der Waals surface area contributed by atoms with Crippen LogP contribution in [-0.2, 0) is 0 Å². The summed E-state index contributed by atoms with van der Waals surface area (Å²) in [6.07, 6.45) is 7.18. The lowest BCUT2D eigenvalue weighted by atomic mass is 9.98. The topological polar surface area (TPSA) is 9.23 Å². The van der Waals surface area contributed by atoms with Crippen LogP contribution in [0.25, 0.3) is 0 Å². The zero-order chi connectivity index (χ0) is 13.0. The summed E-state index contributed by atoms with van der Waals surface area (Å²) in [6, 6.07) is 8.54. The van der Waals surface area contributed by atoms with Crippen molar-refractivity contribution in [2.75, 3.05) is 0 Å². The Morgan fingerprint density at radius 1 is 1.17 bits per heavy atom. The van der Waals surface area contributed by atoms with Crippen LogP contribution in [0.1, 0.15) is 56.3 Å². The third-order valence-electron chi connectivity index (χ3n) is 3.63. The number of halogens is 1. The van der Waals surface area contributed by atoms with Crippen LogP contribution in [0.3, 0.4) is 0 Å². The first-order valence-corrected chi connectivity index (χ1v) is 7.97. The second-order valence-electron chi connectivity index (χ2n) is 5.59. The van der Waals surface area contributed by atoms with E-state index in [9.17, 15) is 0 Å². The van der Waals surface area contributed by atoms with Gasteiger partial charge in [-0.2, -0.15) is 0 Å². The van der Waals surface area contributed by atoms with E-state index in [0.29, 0.717) is 4.83 Å². The molecule has 0 amide bonds. The Morgan fingerprint density at radius 2 is 1.78 bits per heavy atom. The first kappa shape index (κ1) is 13.9. The summed E-state index contributed by atoms with van der Waals surface area (Å²) in [5, 5.41) is 0. The van der Waals surface area contributed by atoms with Crippen molar-refractivity contribution < 1.29 is 4.74 Å². The molecule has 0 bridgehead atoms. The Balaban J connectivity index is 1.91. The molecule has 2 heteroatoms. The van der Waals surface area contributed by atoms with Crippen molar-refractivity contribution in [2.45, 2.75) is 56.9 Å². The van der Waals surface area contributed by atoms with E-state index in [0.717, 1.165) is 11.7 Å². The van der Waals surface area contributed by atoms with E-state index < -0.39 is 0 Å². The van der Waals surface area contributed by atoms with Crippen molar-refractivity contribution in [3.63, 3.8) is 0 Å². The number of rotatable bonds is 5. The molecule has 0 N–H and O–H groups in total. The molecule has 1 aromatic rings. The molecule has 100 valence electrons. The van der Waals surface area contributed by atoms with Crippen LogP contribution in [0.2, 0.25) is 0 Å². The molecule has 1 nitrogen and oxygen atoms in total. The van der Waals surface area contributed by atoms with Crippen LogP contribution in [0.15, 0.2) is 24.3 Å². The average Bonchev–Trinajstić information content (AvgIpc) is 2.82. The first-order valence-electron chi connectivity index (χ1n) is 7.06. The predicted octanol–water partition coefficient (Wildman–Crippen LogP) is 5.49. The summed E-state index contributed by atoms with van der Waals surface area (Å²) >= 11 is 3.83. The minimum atomic E-state index is 0.245. The number of hydrogen-bond donors (Lipinski definition) is 0. The molecule has 1 saturated carbocycles.